The molecule has 1 aliphatic rings. The molecular formula is C15H18N2O4. The number of carbonyl (C=O) groups excluding carboxylic acids is 2. The Morgan fingerprint density at radius 3 is 2.81 bits per heavy atom. The van der Waals surface area contributed by atoms with Crippen LogP contribution in [0.5, 0.6) is 0 Å². The topological polar surface area (TPSA) is 86.7 Å². The molecule has 0 spiro atoms. The van der Waals surface area contributed by atoms with Crippen molar-refractivity contribution in [3.8, 4) is 0 Å². The van der Waals surface area contributed by atoms with Crippen molar-refractivity contribution < 1.29 is 19.5 Å². The summed E-state index contributed by atoms with van der Waals surface area (Å²) in [5.74, 6) is -1.69. The smallest absolute Gasteiger partial charge is 0.326 e. The van der Waals surface area contributed by atoms with Crippen LogP contribution in [0, 0.1) is 6.92 Å². The second kappa shape index (κ2) is 6.39. The predicted molar refractivity (Wildman–Crippen MR) is 75.9 cm³/mol. The summed E-state index contributed by atoms with van der Waals surface area (Å²) < 4.78 is 0. The van der Waals surface area contributed by atoms with Gasteiger partial charge < -0.3 is 15.3 Å². The zero-order valence-electron chi connectivity index (χ0n) is 11.8. The number of likely N-dealkylation sites (tertiary alicyclic amines) is 1. The summed E-state index contributed by atoms with van der Waals surface area (Å²) in [7, 11) is 0. The van der Waals surface area contributed by atoms with Gasteiger partial charge in [-0.25, -0.2) is 4.79 Å². The molecule has 0 bridgehead atoms. The first-order valence-corrected chi connectivity index (χ1v) is 6.86. The van der Waals surface area contributed by atoms with E-state index in [0.29, 0.717) is 24.9 Å². The molecule has 1 aliphatic heterocycles. The van der Waals surface area contributed by atoms with E-state index in [4.69, 9.17) is 5.11 Å². The van der Waals surface area contributed by atoms with Crippen molar-refractivity contribution in [3.63, 3.8) is 0 Å². The van der Waals surface area contributed by atoms with Crippen LogP contribution in [0.2, 0.25) is 0 Å². The van der Waals surface area contributed by atoms with Gasteiger partial charge in [0.15, 0.2) is 0 Å². The quantitative estimate of drug-likeness (QED) is 0.858. The Balaban J connectivity index is 1.92. The lowest BCUT2D eigenvalue weighted by atomic mass is 10.1. The number of nitrogens with zero attached hydrogens (tertiary/aromatic N) is 1. The number of aliphatic carboxylic acids is 1. The van der Waals surface area contributed by atoms with E-state index < -0.39 is 12.0 Å². The van der Waals surface area contributed by atoms with Gasteiger partial charge in [0.1, 0.15) is 6.04 Å². The highest BCUT2D eigenvalue weighted by molar-refractivity contribution is 5.97. The second-order valence-corrected chi connectivity index (χ2v) is 5.14. The van der Waals surface area contributed by atoms with Crippen LogP contribution >= 0.6 is 0 Å². The van der Waals surface area contributed by atoms with Gasteiger partial charge in [-0.3, -0.25) is 9.59 Å². The maximum atomic E-state index is 12.0. The number of hydrogen-bond donors (Lipinski definition) is 2. The van der Waals surface area contributed by atoms with Crippen molar-refractivity contribution in [3.05, 3.63) is 35.4 Å². The summed E-state index contributed by atoms with van der Waals surface area (Å²) in [6, 6.07) is 6.28. The van der Waals surface area contributed by atoms with Crippen molar-refractivity contribution in [2.45, 2.75) is 25.8 Å². The molecule has 2 amide bonds. The molecule has 21 heavy (non-hydrogen) atoms. The first-order valence-electron chi connectivity index (χ1n) is 6.86. The van der Waals surface area contributed by atoms with Crippen LogP contribution in [-0.2, 0) is 9.59 Å². The molecule has 0 saturated carbocycles. The molecule has 0 aliphatic carbocycles. The molecule has 1 fully saturated rings. The molecule has 1 heterocycles. The van der Waals surface area contributed by atoms with Crippen molar-refractivity contribution >= 4 is 17.8 Å². The van der Waals surface area contributed by atoms with E-state index in [1.165, 1.54) is 4.90 Å². The minimum atomic E-state index is -0.995. The maximum absolute atomic E-state index is 12.0. The molecule has 1 aromatic rings. The highest BCUT2D eigenvalue weighted by atomic mass is 16.4. The molecule has 1 saturated heterocycles. The van der Waals surface area contributed by atoms with Gasteiger partial charge in [-0.2, -0.15) is 0 Å². The van der Waals surface area contributed by atoms with Gasteiger partial charge in [-0.15, -0.1) is 0 Å². The van der Waals surface area contributed by atoms with Gasteiger partial charge in [0.2, 0.25) is 5.91 Å². The Kier molecular flexibility index (Phi) is 4.57. The summed E-state index contributed by atoms with van der Waals surface area (Å²) in [5, 5.41) is 11.6. The van der Waals surface area contributed by atoms with E-state index >= 15 is 0 Å². The van der Waals surface area contributed by atoms with Gasteiger partial charge >= 0.3 is 5.97 Å². The molecule has 0 unspecified atom stereocenters. The molecule has 0 aromatic heterocycles. The number of nitrogens with one attached hydrogen (secondary N) is 1. The average molecular weight is 290 g/mol. The number of amides is 2. The van der Waals surface area contributed by atoms with Crippen molar-refractivity contribution in [1.82, 2.24) is 10.2 Å². The summed E-state index contributed by atoms with van der Waals surface area (Å²) >= 11 is 0. The molecule has 112 valence electrons. The summed E-state index contributed by atoms with van der Waals surface area (Å²) in [6.45, 7) is 2.12. The molecule has 6 heteroatoms. The average Bonchev–Trinajstić information content (AvgIpc) is 2.94. The minimum Gasteiger partial charge on any atom is -0.480 e. The van der Waals surface area contributed by atoms with Gasteiger partial charge in [0, 0.05) is 12.1 Å². The fourth-order valence-corrected chi connectivity index (χ4v) is 2.47. The number of carbonyl (C=O) groups is 3. The lowest BCUT2D eigenvalue weighted by Crippen LogP contribution is -2.45. The normalized spacial score (nSPS) is 17.6. The lowest BCUT2D eigenvalue weighted by molar-refractivity contribution is -0.147. The van der Waals surface area contributed by atoms with E-state index in [2.05, 4.69) is 5.32 Å². The third-order valence-electron chi connectivity index (χ3n) is 3.54. The van der Waals surface area contributed by atoms with Crippen LogP contribution in [0.25, 0.3) is 0 Å². The van der Waals surface area contributed by atoms with E-state index in [1.807, 2.05) is 13.0 Å². The fourth-order valence-electron chi connectivity index (χ4n) is 2.47. The standard InChI is InChI=1S/C15H18N2O4/c1-10-4-2-5-11(8-10)14(19)16-9-13(18)17-7-3-6-12(17)15(20)21/h2,4-5,8,12H,3,6-7,9H2,1H3,(H,16,19)(H,20,21)/t12-/m0/s1. The lowest BCUT2D eigenvalue weighted by Gasteiger charge is -2.21. The maximum Gasteiger partial charge on any atom is 0.326 e. The summed E-state index contributed by atoms with van der Waals surface area (Å²) in [4.78, 5) is 36.3. The van der Waals surface area contributed by atoms with E-state index in [0.717, 1.165) is 5.56 Å². The fraction of sp³-hybridized carbons (Fsp3) is 0.400. The van der Waals surface area contributed by atoms with Gasteiger partial charge in [0.05, 0.1) is 6.54 Å². The van der Waals surface area contributed by atoms with Gasteiger partial charge in [0.25, 0.3) is 5.91 Å². The molecular weight excluding hydrogens is 272 g/mol. The molecule has 6 nitrogen and oxygen atoms in total. The number of carboxylic acids is 1. The Labute approximate surface area is 122 Å². The van der Waals surface area contributed by atoms with Crippen LogP contribution in [-0.4, -0.2) is 46.9 Å². The van der Waals surface area contributed by atoms with E-state index in [9.17, 15) is 14.4 Å². The van der Waals surface area contributed by atoms with Crippen molar-refractivity contribution in [2.24, 2.45) is 0 Å². The molecule has 2 rings (SSSR count). The molecule has 1 aromatic carbocycles. The van der Waals surface area contributed by atoms with E-state index in [-0.39, 0.29) is 18.4 Å². The number of hydrogen-bond acceptors (Lipinski definition) is 3. The van der Waals surface area contributed by atoms with Crippen molar-refractivity contribution in [2.75, 3.05) is 13.1 Å². The SMILES string of the molecule is Cc1cccc(C(=O)NCC(=O)N2CCC[C@H]2C(=O)O)c1. The Morgan fingerprint density at radius 2 is 2.14 bits per heavy atom. The second-order valence-electron chi connectivity index (χ2n) is 5.14. The largest absolute Gasteiger partial charge is 0.480 e. The zero-order valence-corrected chi connectivity index (χ0v) is 11.8. The third kappa shape index (κ3) is 3.59. The van der Waals surface area contributed by atoms with E-state index in [1.54, 1.807) is 18.2 Å². The number of benzene rings is 1. The Bertz CT molecular complexity index is 571. The summed E-state index contributed by atoms with van der Waals surface area (Å²) in [5.41, 5.74) is 1.44. The van der Waals surface area contributed by atoms with Gasteiger partial charge in [-0.1, -0.05) is 17.7 Å². The minimum absolute atomic E-state index is 0.184. The summed E-state index contributed by atoms with van der Waals surface area (Å²) in [6.07, 6.45) is 1.14. The van der Waals surface area contributed by atoms with Crippen LogP contribution in [0.4, 0.5) is 0 Å². The third-order valence-corrected chi connectivity index (χ3v) is 3.54. The zero-order chi connectivity index (χ0) is 15.4. The first-order chi connectivity index (χ1) is 9.99. The predicted octanol–water partition coefficient (Wildman–Crippen LogP) is 0.800. The number of carboxylic acid groups (broad SMARTS) is 1. The molecule has 0 radical (unpaired) electrons. The van der Waals surface area contributed by atoms with Crippen LogP contribution in [0.3, 0.4) is 0 Å². The van der Waals surface area contributed by atoms with Crippen LogP contribution < -0.4 is 5.32 Å². The highest BCUT2D eigenvalue weighted by Gasteiger charge is 2.33. The van der Waals surface area contributed by atoms with Gasteiger partial charge in [-0.05, 0) is 31.9 Å². The Hall–Kier alpha value is -2.37. The molecule has 2 N–H and O–H groups in total. The van der Waals surface area contributed by atoms with Crippen molar-refractivity contribution in [1.29, 1.82) is 0 Å². The number of aryl methyl sites for hydroxylation is 1. The number of rotatable bonds is 4. The first kappa shape index (κ1) is 15.0. The monoisotopic (exact) mass is 290 g/mol. The van der Waals surface area contributed by atoms with Crippen LogP contribution in [0.1, 0.15) is 28.8 Å². The van der Waals surface area contributed by atoms with Crippen LogP contribution in [0.15, 0.2) is 24.3 Å². The highest BCUT2D eigenvalue weighted by Crippen LogP contribution is 2.17. The Morgan fingerprint density at radius 1 is 1.38 bits per heavy atom. The molecule has 1 atom stereocenters.